The third kappa shape index (κ3) is 4.71. The second kappa shape index (κ2) is 12.3. The monoisotopic (exact) mass is 682 g/mol. The molecule has 0 heterocycles. The van der Waals surface area contributed by atoms with Crippen molar-refractivity contribution in [1.29, 1.82) is 0 Å². The Bertz CT molecular complexity index is 3030. The van der Waals surface area contributed by atoms with Gasteiger partial charge in [0.2, 0.25) is 0 Å². The molecular formula is C54H34. The van der Waals surface area contributed by atoms with Gasteiger partial charge in [0.25, 0.3) is 0 Å². The molecule has 0 radical (unpaired) electrons. The van der Waals surface area contributed by atoms with Crippen LogP contribution in [-0.2, 0) is 0 Å². The van der Waals surface area contributed by atoms with Gasteiger partial charge in [-0.05, 0) is 121 Å². The number of hydrogen-bond acceptors (Lipinski definition) is 0. The van der Waals surface area contributed by atoms with Crippen LogP contribution in [0.15, 0.2) is 206 Å². The summed E-state index contributed by atoms with van der Waals surface area (Å²) in [7, 11) is 0. The van der Waals surface area contributed by atoms with Crippen molar-refractivity contribution in [3.63, 3.8) is 0 Å². The van der Waals surface area contributed by atoms with Crippen molar-refractivity contribution in [1.82, 2.24) is 0 Å². The van der Waals surface area contributed by atoms with Crippen LogP contribution in [0.4, 0.5) is 0 Å². The lowest BCUT2D eigenvalue weighted by Crippen LogP contribution is -1.95. The van der Waals surface area contributed by atoms with Gasteiger partial charge in [0, 0.05) is 0 Å². The molecule has 0 aliphatic carbocycles. The lowest BCUT2D eigenvalue weighted by Gasteiger charge is -2.23. The molecule has 0 N–H and O–H groups in total. The van der Waals surface area contributed by atoms with Crippen LogP contribution in [-0.4, -0.2) is 0 Å². The van der Waals surface area contributed by atoms with Crippen LogP contribution in [0, 0.1) is 0 Å². The summed E-state index contributed by atoms with van der Waals surface area (Å²) in [5.74, 6) is 0. The molecule has 0 amide bonds. The van der Waals surface area contributed by atoms with E-state index in [1.165, 1.54) is 109 Å². The molecule has 250 valence electrons. The summed E-state index contributed by atoms with van der Waals surface area (Å²) in [6.07, 6.45) is 0. The van der Waals surface area contributed by atoms with E-state index in [-0.39, 0.29) is 0 Å². The van der Waals surface area contributed by atoms with Gasteiger partial charge in [0.15, 0.2) is 0 Å². The first-order valence-electron chi connectivity index (χ1n) is 18.8. The van der Waals surface area contributed by atoms with Crippen LogP contribution in [0.3, 0.4) is 0 Å². The molecule has 0 aromatic heterocycles. The Morgan fingerprint density at radius 3 is 0.778 bits per heavy atom. The molecule has 0 saturated heterocycles. The molecule has 11 aromatic rings. The Balaban J connectivity index is 1.40. The fourth-order valence-corrected chi connectivity index (χ4v) is 9.06. The smallest absolute Gasteiger partial charge is 0.00199 e. The number of benzene rings is 11. The molecular weight excluding hydrogens is 649 g/mol. The molecule has 0 unspecified atom stereocenters. The molecule has 0 nitrogen and oxygen atoms in total. The third-order valence-electron chi connectivity index (χ3n) is 11.4. The lowest BCUT2D eigenvalue weighted by molar-refractivity contribution is 1.64. The van der Waals surface area contributed by atoms with Gasteiger partial charge in [-0.15, -0.1) is 0 Å². The van der Waals surface area contributed by atoms with E-state index in [1.54, 1.807) is 0 Å². The Morgan fingerprint density at radius 2 is 0.426 bits per heavy atom. The minimum atomic E-state index is 1.23. The van der Waals surface area contributed by atoms with Gasteiger partial charge in [-0.3, -0.25) is 0 Å². The van der Waals surface area contributed by atoms with Gasteiger partial charge >= 0.3 is 0 Å². The summed E-state index contributed by atoms with van der Waals surface area (Å²) in [5, 5.41) is 15.0. The van der Waals surface area contributed by atoms with E-state index in [1.807, 2.05) is 0 Å². The number of fused-ring (bicyclic) bond motifs is 6. The Kier molecular flexibility index (Phi) is 6.97. The second-order valence-corrected chi connectivity index (χ2v) is 14.3. The van der Waals surface area contributed by atoms with Crippen molar-refractivity contribution in [2.75, 3.05) is 0 Å². The lowest BCUT2D eigenvalue weighted by atomic mass is 9.80. The summed E-state index contributed by atoms with van der Waals surface area (Å²) in [6.45, 7) is 0. The number of hydrogen-bond donors (Lipinski definition) is 0. The molecule has 0 fully saturated rings. The normalized spacial score (nSPS) is 11.7. The zero-order valence-electron chi connectivity index (χ0n) is 29.6. The Labute approximate surface area is 314 Å². The topological polar surface area (TPSA) is 0 Å². The van der Waals surface area contributed by atoms with Gasteiger partial charge < -0.3 is 0 Å². The second-order valence-electron chi connectivity index (χ2n) is 14.3. The van der Waals surface area contributed by atoms with Crippen LogP contribution in [0.25, 0.3) is 109 Å². The predicted molar refractivity (Wildman–Crippen MR) is 233 cm³/mol. The van der Waals surface area contributed by atoms with Crippen LogP contribution in [0.1, 0.15) is 0 Å². The molecule has 0 aliphatic heterocycles. The average molecular weight is 683 g/mol. The van der Waals surface area contributed by atoms with Crippen molar-refractivity contribution >= 4 is 64.6 Å². The largest absolute Gasteiger partial charge is 0.0616 e. The van der Waals surface area contributed by atoms with Gasteiger partial charge in [-0.25, -0.2) is 0 Å². The maximum atomic E-state index is 2.52. The Morgan fingerprint density at radius 1 is 0.167 bits per heavy atom. The first kappa shape index (κ1) is 30.6. The number of rotatable bonds is 4. The molecule has 0 saturated carbocycles. The quantitative estimate of drug-likeness (QED) is 0.162. The molecule has 0 aliphatic rings. The van der Waals surface area contributed by atoms with E-state index < -0.39 is 0 Å². The van der Waals surface area contributed by atoms with Crippen molar-refractivity contribution in [2.24, 2.45) is 0 Å². The van der Waals surface area contributed by atoms with E-state index in [0.717, 1.165) is 0 Å². The molecule has 11 aromatic carbocycles. The first-order chi connectivity index (χ1) is 26.8. The van der Waals surface area contributed by atoms with E-state index in [9.17, 15) is 0 Å². The zero-order chi connectivity index (χ0) is 35.6. The highest BCUT2D eigenvalue weighted by atomic mass is 14.3. The SMILES string of the molecule is c1ccc2c(-c3cc4c(-c5cccc6ccccc56)c5ccccc5c(-c5cccc6ccccc56)c4cc3-c3cccc4ccccc34)cccc2c1. The minimum absolute atomic E-state index is 1.23. The van der Waals surface area contributed by atoms with E-state index in [4.69, 9.17) is 0 Å². The highest BCUT2D eigenvalue weighted by Crippen LogP contribution is 2.50. The highest BCUT2D eigenvalue weighted by Gasteiger charge is 2.23. The van der Waals surface area contributed by atoms with Crippen molar-refractivity contribution < 1.29 is 0 Å². The minimum Gasteiger partial charge on any atom is -0.0616 e. The molecule has 0 spiro atoms. The summed E-state index contributed by atoms with van der Waals surface area (Å²) >= 11 is 0. The van der Waals surface area contributed by atoms with Crippen LogP contribution in [0.5, 0.6) is 0 Å². The van der Waals surface area contributed by atoms with Crippen molar-refractivity contribution in [3.05, 3.63) is 206 Å². The fraction of sp³-hybridized carbons (Fsp3) is 0. The van der Waals surface area contributed by atoms with Crippen molar-refractivity contribution in [2.45, 2.75) is 0 Å². The molecule has 0 atom stereocenters. The van der Waals surface area contributed by atoms with E-state index in [0.29, 0.717) is 0 Å². The summed E-state index contributed by atoms with van der Waals surface area (Å²) in [6, 6.07) is 76.4. The van der Waals surface area contributed by atoms with E-state index in [2.05, 4.69) is 206 Å². The van der Waals surface area contributed by atoms with Crippen LogP contribution >= 0.6 is 0 Å². The zero-order valence-corrected chi connectivity index (χ0v) is 29.6. The fourth-order valence-electron chi connectivity index (χ4n) is 9.06. The third-order valence-corrected chi connectivity index (χ3v) is 11.4. The maximum Gasteiger partial charge on any atom is -0.00199 e. The summed E-state index contributed by atoms with van der Waals surface area (Å²) < 4.78 is 0. The predicted octanol–water partition coefficient (Wildman–Crippen LogP) is 15.3. The maximum absolute atomic E-state index is 2.52. The van der Waals surface area contributed by atoms with E-state index >= 15 is 0 Å². The van der Waals surface area contributed by atoms with Gasteiger partial charge in [-0.2, -0.15) is 0 Å². The molecule has 0 bridgehead atoms. The highest BCUT2D eigenvalue weighted by molar-refractivity contribution is 6.27. The van der Waals surface area contributed by atoms with Crippen LogP contribution in [0.2, 0.25) is 0 Å². The van der Waals surface area contributed by atoms with Gasteiger partial charge in [-0.1, -0.05) is 194 Å². The van der Waals surface area contributed by atoms with Gasteiger partial charge in [0.05, 0.1) is 0 Å². The Hall–Kier alpha value is -7.02. The molecule has 0 heteroatoms. The van der Waals surface area contributed by atoms with Gasteiger partial charge in [0.1, 0.15) is 0 Å². The summed E-state index contributed by atoms with van der Waals surface area (Å²) in [5.41, 5.74) is 9.98. The summed E-state index contributed by atoms with van der Waals surface area (Å²) in [4.78, 5) is 0. The van der Waals surface area contributed by atoms with Crippen LogP contribution < -0.4 is 0 Å². The first-order valence-corrected chi connectivity index (χ1v) is 18.8. The van der Waals surface area contributed by atoms with Crippen molar-refractivity contribution in [3.8, 4) is 44.5 Å². The average Bonchev–Trinajstić information content (AvgIpc) is 3.24. The molecule has 54 heavy (non-hydrogen) atoms. The molecule has 11 rings (SSSR count). The standard InChI is InChI=1S/C54H34/c1-5-23-39-35(15-1)19-11-29-43(39)49-33-51-52(34-50(49)44-30-12-20-36-16-2-6-24-40(36)44)54(46-32-14-22-38-18-4-8-26-42(38)46)48-28-10-9-27-47(48)53(51)45-31-13-21-37-17-3-7-25-41(37)45/h1-34H.